The highest BCUT2D eigenvalue weighted by atomic mass is 16.3. The van der Waals surface area contributed by atoms with Gasteiger partial charge in [0.15, 0.2) is 5.65 Å². The van der Waals surface area contributed by atoms with Gasteiger partial charge < -0.3 is 20.6 Å². The minimum absolute atomic E-state index is 0.251. The third-order valence-corrected chi connectivity index (χ3v) is 2.84. The molecule has 0 unspecified atom stereocenters. The number of anilines is 1. The average Bonchev–Trinajstić information content (AvgIpc) is 2.80. The lowest BCUT2D eigenvalue weighted by Crippen LogP contribution is -2.49. The number of pyridine rings is 1. The molecule has 2 aromatic rings. The van der Waals surface area contributed by atoms with Gasteiger partial charge in [-0.15, -0.1) is 5.10 Å². The van der Waals surface area contributed by atoms with Gasteiger partial charge in [0.1, 0.15) is 5.54 Å². The van der Waals surface area contributed by atoms with Crippen LogP contribution in [0.25, 0.3) is 5.65 Å². The van der Waals surface area contributed by atoms with E-state index in [0.29, 0.717) is 5.65 Å². The number of aryl methyl sites for hydroxylation is 1. The highest BCUT2D eigenvalue weighted by Gasteiger charge is 2.29. The molecule has 0 spiro atoms. The number of hydrogen-bond acceptors (Lipinski definition) is 6. The second-order valence-electron chi connectivity index (χ2n) is 4.27. The molecule has 0 bridgehead atoms. The highest BCUT2D eigenvalue weighted by molar-refractivity contribution is 5.50. The molecule has 7 heteroatoms. The predicted octanol–water partition coefficient (Wildman–Crippen LogP) is -0.835. The van der Waals surface area contributed by atoms with E-state index in [1.54, 1.807) is 10.7 Å². The first kappa shape index (κ1) is 12.7. The normalized spacial score (nSPS) is 12.0. The van der Waals surface area contributed by atoms with Gasteiger partial charge in [0.2, 0.25) is 5.95 Å². The van der Waals surface area contributed by atoms with Gasteiger partial charge in [0.05, 0.1) is 19.8 Å². The van der Waals surface area contributed by atoms with Crippen LogP contribution in [-0.4, -0.2) is 55.3 Å². The van der Waals surface area contributed by atoms with Crippen LogP contribution >= 0.6 is 0 Å². The summed E-state index contributed by atoms with van der Waals surface area (Å²) in [5.41, 5.74) is 0.419. The lowest BCUT2D eigenvalue weighted by molar-refractivity contribution is 0.0828. The number of aliphatic hydroxyl groups is 3. The monoisotopic (exact) mass is 252 g/mol. The fourth-order valence-corrected chi connectivity index (χ4v) is 1.60. The lowest BCUT2D eigenvalue weighted by Gasteiger charge is -2.27. The summed E-state index contributed by atoms with van der Waals surface area (Å²) in [5.74, 6) is 0.251. The summed E-state index contributed by atoms with van der Waals surface area (Å²) in [4.78, 5) is 4.25. The fraction of sp³-hybridized carbons (Fsp3) is 0.455. The number of aromatic nitrogens is 3. The second-order valence-corrected chi connectivity index (χ2v) is 4.27. The molecule has 0 aliphatic heterocycles. The molecule has 2 heterocycles. The largest absolute Gasteiger partial charge is 0.394 e. The molecule has 0 aromatic carbocycles. The quantitative estimate of drug-likeness (QED) is 0.553. The van der Waals surface area contributed by atoms with Crippen LogP contribution in [0.15, 0.2) is 18.3 Å². The Morgan fingerprint density at radius 2 is 1.94 bits per heavy atom. The maximum atomic E-state index is 9.22. The van der Waals surface area contributed by atoms with Gasteiger partial charge in [-0.1, -0.05) is 6.07 Å². The molecule has 98 valence electrons. The number of nitrogens with zero attached hydrogens (tertiary/aromatic N) is 3. The van der Waals surface area contributed by atoms with E-state index in [1.807, 2.05) is 19.1 Å². The Labute approximate surface area is 104 Å². The summed E-state index contributed by atoms with van der Waals surface area (Å²) >= 11 is 0. The number of aliphatic hydroxyl groups excluding tert-OH is 3. The van der Waals surface area contributed by atoms with E-state index in [9.17, 15) is 15.3 Å². The summed E-state index contributed by atoms with van der Waals surface area (Å²) in [6, 6.07) is 3.75. The molecule has 0 aliphatic carbocycles. The van der Waals surface area contributed by atoms with Crippen LogP contribution in [0, 0.1) is 6.92 Å². The molecular formula is C11H16N4O3. The van der Waals surface area contributed by atoms with E-state index in [4.69, 9.17) is 0 Å². The molecule has 0 atom stereocenters. The van der Waals surface area contributed by atoms with Crippen molar-refractivity contribution in [2.24, 2.45) is 0 Å². The molecule has 18 heavy (non-hydrogen) atoms. The van der Waals surface area contributed by atoms with Crippen molar-refractivity contribution in [3.8, 4) is 0 Å². The van der Waals surface area contributed by atoms with Crippen molar-refractivity contribution in [3.63, 3.8) is 0 Å². The van der Waals surface area contributed by atoms with Gasteiger partial charge in [-0.25, -0.2) is 4.52 Å². The molecule has 0 saturated carbocycles. The fourth-order valence-electron chi connectivity index (χ4n) is 1.60. The average molecular weight is 252 g/mol. The zero-order valence-corrected chi connectivity index (χ0v) is 10.0. The molecule has 0 saturated heterocycles. The molecule has 0 fully saturated rings. The smallest absolute Gasteiger partial charge is 0.243 e. The van der Waals surface area contributed by atoms with Gasteiger partial charge in [0.25, 0.3) is 0 Å². The van der Waals surface area contributed by atoms with Crippen LogP contribution in [0.4, 0.5) is 5.95 Å². The van der Waals surface area contributed by atoms with Gasteiger partial charge in [-0.3, -0.25) is 0 Å². The van der Waals surface area contributed by atoms with Crippen LogP contribution in [0.3, 0.4) is 0 Å². The zero-order valence-electron chi connectivity index (χ0n) is 10.0. The molecule has 7 nitrogen and oxygen atoms in total. The van der Waals surface area contributed by atoms with Crippen molar-refractivity contribution in [1.82, 2.24) is 14.6 Å². The van der Waals surface area contributed by atoms with E-state index in [2.05, 4.69) is 15.4 Å². The molecule has 0 amide bonds. The maximum absolute atomic E-state index is 9.22. The topological polar surface area (TPSA) is 103 Å². The van der Waals surface area contributed by atoms with Crippen molar-refractivity contribution in [1.29, 1.82) is 0 Å². The van der Waals surface area contributed by atoms with Crippen molar-refractivity contribution < 1.29 is 15.3 Å². The number of fused-ring (bicyclic) bond motifs is 1. The number of rotatable bonds is 5. The Hall–Kier alpha value is -1.70. The van der Waals surface area contributed by atoms with Crippen LogP contribution in [-0.2, 0) is 0 Å². The molecule has 0 aliphatic rings. The van der Waals surface area contributed by atoms with Crippen molar-refractivity contribution >= 4 is 11.6 Å². The number of nitrogens with one attached hydrogen (secondary N) is 1. The van der Waals surface area contributed by atoms with Crippen LogP contribution in [0.5, 0.6) is 0 Å². The van der Waals surface area contributed by atoms with Crippen molar-refractivity contribution in [3.05, 3.63) is 23.9 Å². The highest BCUT2D eigenvalue weighted by Crippen LogP contribution is 2.14. The Morgan fingerprint density at radius 1 is 1.28 bits per heavy atom. The summed E-state index contributed by atoms with van der Waals surface area (Å²) < 4.78 is 1.59. The Balaban J connectivity index is 2.34. The van der Waals surface area contributed by atoms with Crippen molar-refractivity contribution in [2.75, 3.05) is 25.1 Å². The van der Waals surface area contributed by atoms with Gasteiger partial charge in [0, 0.05) is 6.20 Å². The SMILES string of the molecule is Cc1cccn2nc(NC(CO)(CO)CO)nc12. The summed E-state index contributed by atoms with van der Waals surface area (Å²) in [6.45, 7) is 0.642. The summed E-state index contributed by atoms with van der Waals surface area (Å²) in [7, 11) is 0. The van der Waals surface area contributed by atoms with E-state index in [-0.39, 0.29) is 5.95 Å². The third-order valence-electron chi connectivity index (χ3n) is 2.84. The van der Waals surface area contributed by atoms with Crippen LogP contribution in [0.1, 0.15) is 5.56 Å². The Kier molecular flexibility index (Phi) is 3.46. The predicted molar refractivity (Wildman–Crippen MR) is 65.3 cm³/mol. The van der Waals surface area contributed by atoms with Gasteiger partial charge in [-0.05, 0) is 18.6 Å². The zero-order chi connectivity index (χ0) is 13.2. The third kappa shape index (κ3) is 2.15. The number of hydrogen-bond donors (Lipinski definition) is 4. The first-order valence-electron chi connectivity index (χ1n) is 5.57. The molecule has 4 N–H and O–H groups in total. The van der Waals surface area contributed by atoms with E-state index >= 15 is 0 Å². The molecule has 2 aromatic heterocycles. The van der Waals surface area contributed by atoms with Crippen LogP contribution in [0.2, 0.25) is 0 Å². The van der Waals surface area contributed by atoms with Crippen LogP contribution < -0.4 is 5.32 Å². The minimum atomic E-state index is -1.22. The molecule has 0 radical (unpaired) electrons. The van der Waals surface area contributed by atoms with Crippen molar-refractivity contribution in [2.45, 2.75) is 12.5 Å². The van der Waals surface area contributed by atoms with E-state index in [0.717, 1.165) is 5.56 Å². The Bertz CT molecular complexity index is 528. The summed E-state index contributed by atoms with van der Waals surface area (Å²) in [5, 5.41) is 34.6. The van der Waals surface area contributed by atoms with Gasteiger partial charge in [-0.2, -0.15) is 4.98 Å². The standard InChI is InChI=1S/C11H16N4O3/c1-8-3-2-4-15-9(8)12-10(14-15)13-11(5-16,6-17)7-18/h2-4,16-18H,5-7H2,1H3,(H,13,14). The maximum Gasteiger partial charge on any atom is 0.243 e. The molecule has 2 rings (SSSR count). The molecular weight excluding hydrogens is 236 g/mol. The van der Waals surface area contributed by atoms with Gasteiger partial charge >= 0.3 is 0 Å². The first-order chi connectivity index (χ1) is 8.64. The first-order valence-corrected chi connectivity index (χ1v) is 5.57. The van der Waals surface area contributed by atoms with E-state index in [1.165, 1.54) is 0 Å². The van der Waals surface area contributed by atoms with E-state index < -0.39 is 25.4 Å². The summed E-state index contributed by atoms with van der Waals surface area (Å²) in [6.07, 6.45) is 1.75. The lowest BCUT2D eigenvalue weighted by atomic mass is 10.0. The minimum Gasteiger partial charge on any atom is -0.394 e. The second kappa shape index (κ2) is 4.89. The Morgan fingerprint density at radius 3 is 2.50 bits per heavy atom.